The molecule has 0 aliphatic heterocycles. The van der Waals surface area contributed by atoms with Crippen molar-refractivity contribution in [3.8, 4) is 0 Å². The maximum Gasteiger partial charge on any atom is 0.252 e. The second-order valence-corrected chi connectivity index (χ2v) is 6.37. The zero-order valence-corrected chi connectivity index (χ0v) is 12.2. The van der Waals surface area contributed by atoms with Gasteiger partial charge >= 0.3 is 0 Å². The second-order valence-electron chi connectivity index (χ2n) is 5.07. The molecule has 0 heterocycles. The predicted molar refractivity (Wildman–Crippen MR) is 73.4 cm³/mol. The van der Waals surface area contributed by atoms with Crippen LogP contribution >= 0.6 is 27.5 Å². The first kappa shape index (κ1) is 12.9. The molecule has 1 aromatic rings. The molecule has 1 saturated carbocycles. The lowest BCUT2D eigenvalue weighted by atomic mass is 9.98. The van der Waals surface area contributed by atoms with Crippen LogP contribution in [0.25, 0.3) is 0 Å². The number of rotatable bonds is 3. The fourth-order valence-corrected chi connectivity index (χ4v) is 2.80. The minimum atomic E-state index is -0.129. The molecule has 17 heavy (non-hydrogen) atoms. The first-order valence-corrected chi connectivity index (χ1v) is 6.85. The van der Waals surface area contributed by atoms with Crippen molar-refractivity contribution in [1.82, 2.24) is 5.32 Å². The summed E-state index contributed by atoms with van der Waals surface area (Å²) < 4.78 is 0.731. The number of hydrogen-bond donors (Lipinski definition) is 1. The van der Waals surface area contributed by atoms with Crippen LogP contribution in [0.2, 0.25) is 5.02 Å². The third kappa shape index (κ3) is 3.02. The molecule has 2 nitrogen and oxygen atoms in total. The molecule has 0 bridgehead atoms. The standard InChI is InChI=1S/C13H15BrClNO/c1-13(2,8-3-4-8)16-12(17)10-6-5-9(15)7-11(10)14/h5-8H,3-4H2,1-2H3,(H,16,17). The van der Waals surface area contributed by atoms with E-state index in [1.165, 1.54) is 12.8 Å². The van der Waals surface area contributed by atoms with E-state index in [9.17, 15) is 4.79 Å². The number of carbonyl (C=O) groups is 1. The van der Waals surface area contributed by atoms with Gasteiger partial charge in [0.15, 0.2) is 0 Å². The molecule has 4 heteroatoms. The summed E-state index contributed by atoms with van der Waals surface area (Å²) >= 11 is 9.22. The first-order valence-electron chi connectivity index (χ1n) is 5.68. The zero-order valence-electron chi connectivity index (χ0n) is 9.89. The topological polar surface area (TPSA) is 29.1 Å². The van der Waals surface area contributed by atoms with Crippen LogP contribution in [0.5, 0.6) is 0 Å². The molecule has 0 radical (unpaired) electrons. The molecule has 0 unspecified atom stereocenters. The monoisotopic (exact) mass is 315 g/mol. The minimum Gasteiger partial charge on any atom is -0.347 e. The summed E-state index contributed by atoms with van der Waals surface area (Å²) in [6.07, 6.45) is 2.41. The van der Waals surface area contributed by atoms with Crippen molar-refractivity contribution in [1.29, 1.82) is 0 Å². The Bertz CT molecular complexity index is 455. The Hall–Kier alpha value is -0.540. The van der Waals surface area contributed by atoms with Gasteiger partial charge < -0.3 is 5.32 Å². The number of hydrogen-bond acceptors (Lipinski definition) is 1. The van der Waals surface area contributed by atoms with Gasteiger partial charge in [0.1, 0.15) is 0 Å². The molecule has 92 valence electrons. The summed E-state index contributed by atoms with van der Waals surface area (Å²) in [4.78, 5) is 12.1. The van der Waals surface area contributed by atoms with Gasteiger partial charge in [0.2, 0.25) is 0 Å². The van der Waals surface area contributed by atoms with Gasteiger partial charge in [-0.1, -0.05) is 11.6 Å². The predicted octanol–water partition coefficient (Wildman–Crippen LogP) is 4.02. The van der Waals surface area contributed by atoms with E-state index in [1.807, 2.05) is 0 Å². The van der Waals surface area contributed by atoms with Crippen molar-refractivity contribution in [2.45, 2.75) is 32.2 Å². The van der Waals surface area contributed by atoms with Crippen molar-refractivity contribution in [2.24, 2.45) is 5.92 Å². The molecule has 1 fully saturated rings. The molecule has 0 spiro atoms. The Morgan fingerprint density at radius 3 is 2.65 bits per heavy atom. The molecular formula is C13H15BrClNO. The van der Waals surface area contributed by atoms with Crippen LogP contribution in [-0.2, 0) is 0 Å². The molecule has 1 N–H and O–H groups in total. The molecule has 1 amide bonds. The summed E-state index contributed by atoms with van der Waals surface area (Å²) in [5, 5.41) is 3.70. The molecule has 0 atom stereocenters. The lowest BCUT2D eigenvalue weighted by molar-refractivity contribution is 0.0902. The Morgan fingerprint density at radius 2 is 2.12 bits per heavy atom. The van der Waals surface area contributed by atoms with Crippen molar-refractivity contribution in [3.05, 3.63) is 33.3 Å². The van der Waals surface area contributed by atoms with Gasteiger partial charge in [-0.05, 0) is 66.7 Å². The van der Waals surface area contributed by atoms with Gasteiger partial charge in [-0.3, -0.25) is 4.79 Å². The molecule has 1 aromatic carbocycles. The SMILES string of the molecule is CC(C)(NC(=O)c1ccc(Cl)cc1Br)C1CC1. The van der Waals surface area contributed by atoms with Gasteiger partial charge in [0, 0.05) is 15.0 Å². The second kappa shape index (κ2) is 4.62. The highest BCUT2D eigenvalue weighted by Crippen LogP contribution is 2.39. The highest BCUT2D eigenvalue weighted by molar-refractivity contribution is 9.10. The largest absolute Gasteiger partial charge is 0.347 e. The maximum atomic E-state index is 12.1. The van der Waals surface area contributed by atoms with E-state index in [4.69, 9.17) is 11.6 Å². The minimum absolute atomic E-state index is 0.0505. The molecule has 1 aliphatic rings. The summed E-state index contributed by atoms with van der Waals surface area (Å²) in [6, 6.07) is 5.21. The normalized spacial score (nSPS) is 15.8. The van der Waals surface area contributed by atoms with E-state index < -0.39 is 0 Å². The smallest absolute Gasteiger partial charge is 0.252 e. The lowest BCUT2D eigenvalue weighted by Crippen LogP contribution is -2.45. The highest BCUT2D eigenvalue weighted by Gasteiger charge is 2.38. The summed E-state index contributed by atoms with van der Waals surface area (Å²) in [5.74, 6) is 0.558. The summed E-state index contributed by atoms with van der Waals surface area (Å²) in [6.45, 7) is 4.15. The van der Waals surface area contributed by atoms with Crippen molar-refractivity contribution in [3.63, 3.8) is 0 Å². The number of nitrogens with one attached hydrogen (secondary N) is 1. The van der Waals surface area contributed by atoms with Crippen LogP contribution in [0.3, 0.4) is 0 Å². The van der Waals surface area contributed by atoms with E-state index in [2.05, 4.69) is 35.1 Å². The van der Waals surface area contributed by atoms with Crippen LogP contribution in [-0.4, -0.2) is 11.4 Å². The highest BCUT2D eigenvalue weighted by atomic mass is 79.9. The fraction of sp³-hybridized carbons (Fsp3) is 0.462. The average molecular weight is 317 g/mol. The van der Waals surface area contributed by atoms with E-state index in [1.54, 1.807) is 18.2 Å². The van der Waals surface area contributed by atoms with Crippen molar-refractivity contribution >= 4 is 33.4 Å². The van der Waals surface area contributed by atoms with Gasteiger partial charge in [0.05, 0.1) is 5.56 Å². The Kier molecular flexibility index (Phi) is 3.50. The van der Waals surface area contributed by atoms with E-state index >= 15 is 0 Å². The summed E-state index contributed by atoms with van der Waals surface area (Å²) in [5.41, 5.74) is 0.499. The van der Waals surface area contributed by atoms with Crippen LogP contribution in [0, 0.1) is 5.92 Å². The lowest BCUT2D eigenvalue weighted by Gasteiger charge is -2.26. The van der Waals surface area contributed by atoms with Crippen molar-refractivity contribution in [2.75, 3.05) is 0 Å². The number of halogens is 2. The quantitative estimate of drug-likeness (QED) is 0.896. The summed E-state index contributed by atoms with van der Waals surface area (Å²) in [7, 11) is 0. The Balaban J connectivity index is 2.14. The number of carbonyl (C=O) groups excluding carboxylic acids is 1. The fourth-order valence-electron chi connectivity index (χ4n) is 1.94. The van der Waals surface area contributed by atoms with Crippen LogP contribution in [0.15, 0.2) is 22.7 Å². The zero-order chi connectivity index (χ0) is 12.6. The van der Waals surface area contributed by atoms with Crippen LogP contribution in [0.4, 0.5) is 0 Å². The van der Waals surface area contributed by atoms with Crippen LogP contribution < -0.4 is 5.32 Å². The number of amides is 1. The molecule has 0 aromatic heterocycles. The molecular weight excluding hydrogens is 302 g/mol. The van der Waals surface area contributed by atoms with E-state index in [-0.39, 0.29) is 11.4 Å². The average Bonchev–Trinajstić information content (AvgIpc) is 2.98. The van der Waals surface area contributed by atoms with E-state index in [0.717, 1.165) is 4.47 Å². The van der Waals surface area contributed by atoms with Gasteiger partial charge in [-0.25, -0.2) is 0 Å². The third-order valence-corrected chi connectivity index (χ3v) is 4.10. The van der Waals surface area contributed by atoms with Crippen LogP contribution in [0.1, 0.15) is 37.0 Å². The third-order valence-electron chi connectivity index (χ3n) is 3.21. The van der Waals surface area contributed by atoms with Gasteiger partial charge in [-0.15, -0.1) is 0 Å². The van der Waals surface area contributed by atoms with E-state index in [0.29, 0.717) is 16.5 Å². The molecule has 0 saturated heterocycles. The maximum absolute atomic E-state index is 12.1. The molecule has 2 rings (SSSR count). The Labute approximate surface area is 115 Å². The van der Waals surface area contributed by atoms with Crippen molar-refractivity contribution < 1.29 is 4.79 Å². The van der Waals surface area contributed by atoms with Gasteiger partial charge in [0.25, 0.3) is 5.91 Å². The first-order chi connectivity index (χ1) is 7.90. The Morgan fingerprint density at radius 1 is 1.47 bits per heavy atom. The molecule has 1 aliphatic carbocycles. The number of benzene rings is 1. The van der Waals surface area contributed by atoms with Gasteiger partial charge in [-0.2, -0.15) is 0 Å².